The van der Waals surface area contributed by atoms with Crippen molar-refractivity contribution in [2.45, 2.75) is 0 Å². The van der Waals surface area contributed by atoms with Gasteiger partial charge in [-0.05, 0) is 0 Å². The standard InChI is InChI=1S/C3H3NO2S/c5-4-2-1-3-7(4)6/h1-3H. The minimum Gasteiger partial charge on any atom is -0.609 e. The van der Waals surface area contributed by atoms with Crippen LogP contribution in [0.3, 0.4) is 0 Å². The van der Waals surface area contributed by atoms with Crippen molar-refractivity contribution in [1.29, 1.82) is 0 Å². The first kappa shape index (κ1) is 4.52. The zero-order valence-electron chi connectivity index (χ0n) is 3.40. The van der Waals surface area contributed by atoms with Crippen LogP contribution < -0.4 is 0 Å². The Hall–Kier alpha value is -0.640. The second-order valence-corrected chi connectivity index (χ2v) is 2.22. The van der Waals surface area contributed by atoms with Gasteiger partial charge in [0.15, 0.2) is 6.21 Å². The van der Waals surface area contributed by atoms with Gasteiger partial charge in [-0.3, -0.25) is 0 Å². The molecule has 1 heterocycles. The number of allylic oxidation sites excluding steroid dienone is 1. The molecule has 7 heavy (non-hydrogen) atoms. The highest BCUT2D eigenvalue weighted by atomic mass is 32.2. The molecule has 0 aliphatic carbocycles. The molecule has 0 aromatic heterocycles. The van der Waals surface area contributed by atoms with Gasteiger partial charge >= 0.3 is 11.0 Å². The van der Waals surface area contributed by atoms with Crippen molar-refractivity contribution in [3.63, 3.8) is 0 Å². The Kier molecular flexibility index (Phi) is 0.941. The summed E-state index contributed by atoms with van der Waals surface area (Å²) in [6, 6.07) is 0. The van der Waals surface area contributed by atoms with E-state index >= 15 is 0 Å². The van der Waals surface area contributed by atoms with Gasteiger partial charge in [-0.15, -0.1) is 4.14 Å². The Morgan fingerprint density at radius 3 is 2.57 bits per heavy atom. The van der Waals surface area contributed by atoms with Crippen molar-refractivity contribution in [2.75, 3.05) is 0 Å². The molecular formula is C3H3NO2S. The van der Waals surface area contributed by atoms with Crippen molar-refractivity contribution < 1.29 is 8.35 Å². The molecule has 0 saturated heterocycles. The molecule has 3 nitrogen and oxygen atoms in total. The molecule has 1 unspecified atom stereocenters. The maximum atomic E-state index is 10.2. The zero-order valence-corrected chi connectivity index (χ0v) is 4.22. The van der Waals surface area contributed by atoms with E-state index in [1.807, 2.05) is 0 Å². The van der Waals surface area contributed by atoms with E-state index in [1.165, 1.54) is 17.7 Å². The predicted octanol–water partition coefficient (Wildman–Crippen LogP) is -0.242. The lowest BCUT2D eigenvalue weighted by molar-refractivity contribution is -0.259. The second kappa shape index (κ2) is 1.46. The monoisotopic (exact) mass is 117 g/mol. The minimum atomic E-state index is -1.43. The van der Waals surface area contributed by atoms with Gasteiger partial charge in [0.05, 0.1) is 5.41 Å². The molecule has 0 radical (unpaired) electrons. The summed E-state index contributed by atoms with van der Waals surface area (Å²) in [5, 5.41) is 11.4. The Labute approximate surface area is 43.1 Å². The third-order valence-electron chi connectivity index (χ3n) is 0.580. The van der Waals surface area contributed by atoms with Crippen LogP contribution in [0.25, 0.3) is 0 Å². The fourth-order valence-corrected chi connectivity index (χ4v) is 0.807. The molecule has 1 rings (SSSR count). The van der Waals surface area contributed by atoms with Crippen LogP contribution in [-0.4, -0.2) is 14.6 Å². The van der Waals surface area contributed by atoms with Crippen LogP contribution in [-0.2, 0) is 11.0 Å². The largest absolute Gasteiger partial charge is 0.609 e. The van der Waals surface area contributed by atoms with Crippen LogP contribution in [0.2, 0.25) is 0 Å². The van der Waals surface area contributed by atoms with E-state index < -0.39 is 11.0 Å². The number of nitrogens with zero attached hydrogens (tertiary/aromatic N) is 1. The van der Waals surface area contributed by atoms with Crippen LogP contribution in [0.4, 0.5) is 0 Å². The number of hydrogen-bond acceptors (Lipinski definition) is 2. The maximum Gasteiger partial charge on any atom is 0.320 e. The van der Waals surface area contributed by atoms with E-state index in [9.17, 15) is 9.42 Å². The Morgan fingerprint density at radius 1 is 1.71 bits per heavy atom. The molecule has 0 N–H and O–H groups in total. The van der Waals surface area contributed by atoms with E-state index in [4.69, 9.17) is 0 Å². The molecule has 0 amide bonds. The van der Waals surface area contributed by atoms with Crippen molar-refractivity contribution in [1.82, 2.24) is 0 Å². The highest BCUT2D eigenvalue weighted by molar-refractivity contribution is 7.82. The summed E-state index contributed by atoms with van der Waals surface area (Å²) in [7, 11) is -1.43. The molecule has 1 aliphatic heterocycles. The summed E-state index contributed by atoms with van der Waals surface area (Å²) in [4.78, 5) is 0. The molecule has 1 atom stereocenters. The van der Waals surface area contributed by atoms with Crippen molar-refractivity contribution in [3.05, 3.63) is 16.7 Å². The quantitative estimate of drug-likeness (QED) is 0.324. The first-order valence-electron chi connectivity index (χ1n) is 1.69. The summed E-state index contributed by atoms with van der Waals surface area (Å²) in [5.74, 6) is 0. The van der Waals surface area contributed by atoms with Crippen LogP contribution in [0.5, 0.6) is 0 Å². The zero-order chi connectivity index (χ0) is 5.28. The Balaban J connectivity index is 2.89. The molecule has 0 aromatic rings. The van der Waals surface area contributed by atoms with Crippen molar-refractivity contribution in [3.8, 4) is 0 Å². The van der Waals surface area contributed by atoms with Gasteiger partial charge in [-0.1, -0.05) is 0 Å². The van der Waals surface area contributed by atoms with Crippen LogP contribution >= 0.6 is 0 Å². The smallest absolute Gasteiger partial charge is 0.320 e. The summed E-state index contributed by atoms with van der Waals surface area (Å²) in [6.07, 6.45) is 2.68. The third kappa shape index (κ3) is 0.691. The van der Waals surface area contributed by atoms with E-state index in [2.05, 4.69) is 0 Å². The Bertz CT molecular complexity index is 160. The van der Waals surface area contributed by atoms with E-state index in [0.717, 1.165) is 0 Å². The van der Waals surface area contributed by atoms with E-state index in [1.54, 1.807) is 0 Å². The maximum absolute atomic E-state index is 10.2. The van der Waals surface area contributed by atoms with Gasteiger partial charge in [0.1, 0.15) is 0 Å². The summed E-state index contributed by atoms with van der Waals surface area (Å²) in [5.41, 5.74) is 0. The van der Waals surface area contributed by atoms with Crippen molar-refractivity contribution >= 4 is 17.2 Å². The van der Waals surface area contributed by atoms with Gasteiger partial charge in [0.25, 0.3) is 0 Å². The second-order valence-electron chi connectivity index (χ2n) is 1.04. The van der Waals surface area contributed by atoms with Gasteiger partial charge in [-0.25, -0.2) is 0 Å². The summed E-state index contributed by atoms with van der Waals surface area (Å²) >= 11 is 0. The lowest BCUT2D eigenvalue weighted by Gasteiger charge is -1.87. The first-order chi connectivity index (χ1) is 3.30. The SMILES string of the molecule is O=S1C=CC=[N+]1[O-]. The van der Waals surface area contributed by atoms with Gasteiger partial charge in [0, 0.05) is 6.08 Å². The fourth-order valence-electron chi connectivity index (χ4n) is 0.293. The topological polar surface area (TPSA) is 43.1 Å². The van der Waals surface area contributed by atoms with Crippen LogP contribution in [0.15, 0.2) is 11.5 Å². The lowest BCUT2D eigenvalue weighted by atomic mass is 10.7. The molecule has 0 spiro atoms. The van der Waals surface area contributed by atoms with E-state index in [-0.39, 0.29) is 0 Å². The molecule has 38 valence electrons. The lowest BCUT2D eigenvalue weighted by Crippen LogP contribution is -1.98. The average molecular weight is 117 g/mol. The number of rotatable bonds is 0. The molecule has 0 fully saturated rings. The molecular weight excluding hydrogens is 114 g/mol. The fraction of sp³-hybridized carbons (Fsp3) is 0. The summed E-state index contributed by atoms with van der Waals surface area (Å²) in [6.45, 7) is 0. The molecule has 0 bridgehead atoms. The third-order valence-corrected chi connectivity index (χ3v) is 1.45. The molecule has 1 aliphatic rings. The normalized spacial score (nSPS) is 28.0. The Morgan fingerprint density at radius 2 is 2.43 bits per heavy atom. The molecule has 0 aromatic carbocycles. The molecule has 4 heteroatoms. The minimum absolute atomic E-state index is 0.389. The molecule has 0 saturated carbocycles. The average Bonchev–Trinajstić information content (AvgIpc) is 1.91. The van der Waals surface area contributed by atoms with E-state index in [0.29, 0.717) is 4.14 Å². The number of hydrogen-bond donors (Lipinski definition) is 0. The highest BCUT2D eigenvalue weighted by Crippen LogP contribution is 1.90. The van der Waals surface area contributed by atoms with Crippen LogP contribution in [0, 0.1) is 5.21 Å². The van der Waals surface area contributed by atoms with Crippen LogP contribution in [0.1, 0.15) is 0 Å². The summed E-state index contributed by atoms with van der Waals surface area (Å²) < 4.78 is 10.6. The van der Waals surface area contributed by atoms with Gasteiger partial charge in [0.2, 0.25) is 0 Å². The van der Waals surface area contributed by atoms with Gasteiger partial charge in [-0.2, -0.15) is 4.21 Å². The van der Waals surface area contributed by atoms with Gasteiger partial charge < -0.3 is 5.21 Å². The van der Waals surface area contributed by atoms with Crippen molar-refractivity contribution in [2.24, 2.45) is 0 Å². The highest BCUT2D eigenvalue weighted by Gasteiger charge is 2.05. The first-order valence-corrected chi connectivity index (χ1v) is 2.86. The predicted molar refractivity (Wildman–Crippen MR) is 27.0 cm³/mol.